The van der Waals surface area contributed by atoms with E-state index in [0.717, 1.165) is 12.1 Å². The number of anilines is 1. The summed E-state index contributed by atoms with van der Waals surface area (Å²) in [4.78, 5) is 18.8. The summed E-state index contributed by atoms with van der Waals surface area (Å²) in [6.45, 7) is 1.01. The predicted octanol–water partition coefficient (Wildman–Crippen LogP) is 1.23. The number of carbonyl (C=O) groups excluding carboxylic acids is 1. The second-order valence-corrected chi connectivity index (χ2v) is 7.40. The van der Waals surface area contributed by atoms with Gasteiger partial charge in [-0.3, -0.25) is 9.88 Å². The number of nitrogens with zero attached hydrogens (tertiary/aromatic N) is 2. The molecule has 2 aliphatic rings. The monoisotopic (exact) mass is 398 g/mol. The van der Waals surface area contributed by atoms with Gasteiger partial charge in [-0.25, -0.2) is 4.79 Å². The lowest BCUT2D eigenvalue weighted by Gasteiger charge is -2.42. The Labute approximate surface area is 169 Å². The lowest BCUT2D eigenvalue weighted by atomic mass is 9.95. The standard InChI is InChI=1S/C21H26N4O4/c1-25(12-10-14-7-5-6-11-22-14)18-19(26)17(16-13-28-20(18)29-16)24-21(27)23-15-8-3-2-4-9-15/h2-9,11,16-20,26H,10,12-13H2,1H3,(H2,23,24,27)/t16-,17-,18-,19+,20-/m1/s1. The highest BCUT2D eigenvalue weighted by Crippen LogP contribution is 2.31. The molecule has 2 fully saturated rings. The number of fused-ring (bicyclic) bond motifs is 2. The van der Waals surface area contributed by atoms with Gasteiger partial charge in [0.05, 0.1) is 24.8 Å². The van der Waals surface area contributed by atoms with Crippen LogP contribution in [0.25, 0.3) is 0 Å². The van der Waals surface area contributed by atoms with E-state index in [4.69, 9.17) is 9.47 Å². The number of hydrogen-bond donors (Lipinski definition) is 3. The second-order valence-electron chi connectivity index (χ2n) is 7.40. The van der Waals surface area contributed by atoms with E-state index >= 15 is 0 Å². The van der Waals surface area contributed by atoms with Crippen LogP contribution in [0.1, 0.15) is 5.69 Å². The number of para-hydroxylation sites is 1. The number of carbonyl (C=O) groups is 1. The van der Waals surface area contributed by atoms with Gasteiger partial charge in [0.15, 0.2) is 6.29 Å². The SMILES string of the molecule is CN(CCc1ccccn1)[C@H]1[C@@H]2OC[C@@H](O2)[C@@H](NC(=O)Nc2ccccc2)[C@@H]1O. The summed E-state index contributed by atoms with van der Waals surface area (Å²) in [6, 6.07) is 13.6. The predicted molar refractivity (Wildman–Crippen MR) is 107 cm³/mol. The highest BCUT2D eigenvalue weighted by atomic mass is 16.7. The molecule has 2 saturated heterocycles. The summed E-state index contributed by atoms with van der Waals surface area (Å²) in [7, 11) is 1.92. The van der Waals surface area contributed by atoms with Crippen molar-refractivity contribution in [2.75, 3.05) is 25.5 Å². The smallest absolute Gasteiger partial charge is 0.319 e. The van der Waals surface area contributed by atoms with Crippen LogP contribution in [0.5, 0.6) is 0 Å². The number of urea groups is 1. The van der Waals surface area contributed by atoms with Crippen LogP contribution < -0.4 is 10.6 Å². The molecule has 0 radical (unpaired) electrons. The van der Waals surface area contributed by atoms with E-state index in [1.54, 1.807) is 18.3 Å². The first kappa shape index (κ1) is 19.8. The van der Waals surface area contributed by atoms with Crippen LogP contribution in [0.15, 0.2) is 54.7 Å². The molecule has 2 aromatic rings. The molecule has 8 nitrogen and oxygen atoms in total. The summed E-state index contributed by atoms with van der Waals surface area (Å²) in [5, 5.41) is 16.7. The van der Waals surface area contributed by atoms with Crippen molar-refractivity contribution >= 4 is 11.7 Å². The molecule has 2 amide bonds. The number of likely N-dealkylation sites (N-methyl/N-ethyl adjacent to an activating group) is 1. The Kier molecular flexibility index (Phi) is 6.05. The first-order valence-corrected chi connectivity index (χ1v) is 9.79. The van der Waals surface area contributed by atoms with Crippen molar-refractivity contribution in [1.29, 1.82) is 0 Å². The fourth-order valence-corrected chi connectivity index (χ4v) is 3.87. The van der Waals surface area contributed by atoms with Gasteiger partial charge in [0, 0.05) is 30.5 Å². The average Bonchev–Trinajstić information content (AvgIpc) is 3.16. The molecule has 1 aromatic heterocycles. The molecule has 2 bridgehead atoms. The molecule has 8 heteroatoms. The Bertz CT molecular complexity index is 807. The van der Waals surface area contributed by atoms with Gasteiger partial charge in [-0.05, 0) is 31.3 Å². The largest absolute Gasteiger partial charge is 0.389 e. The summed E-state index contributed by atoms with van der Waals surface area (Å²) < 4.78 is 11.7. The molecule has 154 valence electrons. The van der Waals surface area contributed by atoms with Crippen LogP contribution in [-0.4, -0.2) is 71.8 Å². The zero-order chi connectivity index (χ0) is 20.2. The molecule has 0 saturated carbocycles. The van der Waals surface area contributed by atoms with Gasteiger partial charge < -0.3 is 25.2 Å². The fourth-order valence-electron chi connectivity index (χ4n) is 3.87. The number of nitrogens with one attached hydrogen (secondary N) is 2. The van der Waals surface area contributed by atoms with Crippen molar-refractivity contribution in [3.8, 4) is 0 Å². The molecule has 0 spiro atoms. The van der Waals surface area contributed by atoms with Gasteiger partial charge in [0.2, 0.25) is 0 Å². The van der Waals surface area contributed by atoms with Gasteiger partial charge >= 0.3 is 6.03 Å². The molecule has 2 aliphatic heterocycles. The number of rotatable bonds is 6. The second kappa shape index (κ2) is 8.87. The number of hydrogen-bond acceptors (Lipinski definition) is 6. The fraction of sp³-hybridized carbons (Fsp3) is 0.429. The topological polar surface area (TPSA) is 96.0 Å². The molecule has 0 unspecified atom stereocenters. The summed E-state index contributed by atoms with van der Waals surface area (Å²) in [6.07, 6.45) is 0.792. The molecule has 29 heavy (non-hydrogen) atoms. The molecule has 3 N–H and O–H groups in total. The Morgan fingerprint density at radius 1 is 1.24 bits per heavy atom. The van der Waals surface area contributed by atoms with Crippen LogP contribution in [0, 0.1) is 0 Å². The van der Waals surface area contributed by atoms with Crippen LogP contribution >= 0.6 is 0 Å². The van der Waals surface area contributed by atoms with Crippen LogP contribution in [0.4, 0.5) is 10.5 Å². The number of aliphatic hydroxyl groups is 1. The molecule has 5 atom stereocenters. The molecule has 4 rings (SSSR count). The van der Waals surface area contributed by atoms with E-state index < -0.39 is 18.4 Å². The van der Waals surface area contributed by atoms with E-state index in [9.17, 15) is 9.90 Å². The van der Waals surface area contributed by atoms with Crippen molar-refractivity contribution in [3.05, 3.63) is 60.4 Å². The van der Waals surface area contributed by atoms with Gasteiger partial charge in [-0.2, -0.15) is 0 Å². The maximum Gasteiger partial charge on any atom is 0.319 e. The Morgan fingerprint density at radius 2 is 2.03 bits per heavy atom. The van der Waals surface area contributed by atoms with Gasteiger partial charge in [-0.15, -0.1) is 0 Å². The number of aromatic nitrogens is 1. The number of pyridine rings is 1. The normalized spacial score (nSPS) is 28.3. The quantitative estimate of drug-likeness (QED) is 0.677. The molecule has 3 heterocycles. The minimum Gasteiger partial charge on any atom is -0.389 e. The first-order chi connectivity index (χ1) is 14.1. The number of aliphatic hydroxyl groups excluding tert-OH is 1. The van der Waals surface area contributed by atoms with Gasteiger partial charge in [0.1, 0.15) is 6.10 Å². The number of ether oxygens (including phenoxy) is 2. The van der Waals surface area contributed by atoms with Crippen molar-refractivity contribution in [1.82, 2.24) is 15.2 Å². The Morgan fingerprint density at radius 3 is 2.79 bits per heavy atom. The summed E-state index contributed by atoms with van der Waals surface area (Å²) >= 11 is 0. The lowest BCUT2D eigenvalue weighted by molar-refractivity contribution is -0.176. The van der Waals surface area contributed by atoms with E-state index in [1.165, 1.54) is 0 Å². The third-order valence-corrected chi connectivity index (χ3v) is 5.42. The molecule has 1 aromatic carbocycles. The van der Waals surface area contributed by atoms with Gasteiger partial charge in [-0.1, -0.05) is 24.3 Å². The molecular weight excluding hydrogens is 372 g/mol. The summed E-state index contributed by atoms with van der Waals surface area (Å²) in [5.41, 5.74) is 1.66. The van der Waals surface area contributed by atoms with Crippen LogP contribution in [-0.2, 0) is 15.9 Å². The van der Waals surface area contributed by atoms with Crippen molar-refractivity contribution in [2.24, 2.45) is 0 Å². The summed E-state index contributed by atoms with van der Waals surface area (Å²) in [5.74, 6) is 0. The third kappa shape index (κ3) is 4.56. The highest BCUT2D eigenvalue weighted by Gasteiger charge is 2.51. The Hall–Kier alpha value is -2.52. The van der Waals surface area contributed by atoms with Crippen molar-refractivity contribution in [2.45, 2.75) is 37.0 Å². The van der Waals surface area contributed by atoms with E-state index in [-0.39, 0.29) is 18.2 Å². The first-order valence-electron chi connectivity index (χ1n) is 9.79. The maximum atomic E-state index is 12.4. The van der Waals surface area contributed by atoms with Crippen molar-refractivity contribution in [3.63, 3.8) is 0 Å². The third-order valence-electron chi connectivity index (χ3n) is 5.42. The zero-order valence-electron chi connectivity index (χ0n) is 16.3. The van der Waals surface area contributed by atoms with E-state index in [0.29, 0.717) is 18.8 Å². The maximum absolute atomic E-state index is 12.4. The van der Waals surface area contributed by atoms with Crippen molar-refractivity contribution < 1.29 is 19.4 Å². The Balaban J connectivity index is 1.39. The number of benzene rings is 1. The van der Waals surface area contributed by atoms with Crippen LogP contribution in [0.2, 0.25) is 0 Å². The van der Waals surface area contributed by atoms with Crippen LogP contribution in [0.3, 0.4) is 0 Å². The molecule has 0 aliphatic carbocycles. The molecular formula is C21H26N4O4. The van der Waals surface area contributed by atoms with E-state index in [2.05, 4.69) is 15.6 Å². The lowest BCUT2D eigenvalue weighted by Crippen LogP contribution is -2.65. The van der Waals surface area contributed by atoms with Gasteiger partial charge in [0.25, 0.3) is 0 Å². The highest BCUT2D eigenvalue weighted by molar-refractivity contribution is 5.89. The zero-order valence-corrected chi connectivity index (χ0v) is 16.3. The number of amides is 2. The minimum absolute atomic E-state index is 0.336. The minimum atomic E-state index is -0.823. The average molecular weight is 398 g/mol. The van der Waals surface area contributed by atoms with E-state index in [1.807, 2.05) is 48.3 Å².